The van der Waals surface area contributed by atoms with Gasteiger partial charge in [0.2, 0.25) is 0 Å². The molecule has 0 spiro atoms. The molecular weight excluding hydrogens is 285 g/mol. The van der Waals surface area contributed by atoms with E-state index in [1.54, 1.807) is 16.8 Å². The Kier molecular flexibility index (Phi) is 3.19. The van der Waals surface area contributed by atoms with Crippen LogP contribution in [0, 0.1) is 12.7 Å². The quantitative estimate of drug-likeness (QED) is 0.924. The van der Waals surface area contributed by atoms with Crippen molar-refractivity contribution in [3.05, 3.63) is 45.8 Å². The molecule has 0 aliphatic carbocycles. The lowest BCUT2D eigenvalue weighted by molar-refractivity contribution is 0.565. The van der Waals surface area contributed by atoms with Crippen molar-refractivity contribution < 1.29 is 4.39 Å². The molecule has 2 aromatic rings. The van der Waals surface area contributed by atoms with Gasteiger partial charge in [-0.3, -0.25) is 0 Å². The van der Waals surface area contributed by atoms with Gasteiger partial charge in [0.05, 0.1) is 16.2 Å². The first-order chi connectivity index (χ1) is 8.00. The third-order valence-corrected chi connectivity index (χ3v) is 3.75. The number of rotatable bonds is 2. The van der Waals surface area contributed by atoms with E-state index in [2.05, 4.69) is 21.0 Å². The Morgan fingerprint density at radius 3 is 2.41 bits per heavy atom. The highest BCUT2D eigenvalue weighted by molar-refractivity contribution is 9.10. The number of nitrogen functional groups attached to an aromatic ring is 1. The summed E-state index contributed by atoms with van der Waals surface area (Å²) >= 11 is 3.38. The number of nitrogens with zero attached hydrogens (tertiary/aromatic N) is 2. The average molecular weight is 298 g/mol. The van der Waals surface area contributed by atoms with Crippen LogP contribution in [0.25, 0.3) is 0 Å². The van der Waals surface area contributed by atoms with Crippen LogP contribution in [-0.4, -0.2) is 9.78 Å². The number of hydrogen-bond acceptors (Lipinski definition) is 2. The van der Waals surface area contributed by atoms with E-state index in [0.29, 0.717) is 5.82 Å². The lowest BCUT2D eigenvalue weighted by Crippen LogP contribution is -2.11. The van der Waals surface area contributed by atoms with Crippen LogP contribution in [0.2, 0.25) is 0 Å². The van der Waals surface area contributed by atoms with Gasteiger partial charge in [0.15, 0.2) is 0 Å². The summed E-state index contributed by atoms with van der Waals surface area (Å²) in [5.41, 5.74) is 7.76. The van der Waals surface area contributed by atoms with Crippen LogP contribution in [0.15, 0.2) is 28.7 Å². The molecule has 0 aliphatic heterocycles. The van der Waals surface area contributed by atoms with E-state index in [1.807, 2.05) is 13.8 Å². The summed E-state index contributed by atoms with van der Waals surface area (Å²) in [6.45, 7) is 3.86. The molecule has 1 unspecified atom stereocenters. The van der Waals surface area contributed by atoms with E-state index < -0.39 is 0 Å². The molecule has 17 heavy (non-hydrogen) atoms. The van der Waals surface area contributed by atoms with Crippen molar-refractivity contribution in [2.45, 2.75) is 19.9 Å². The van der Waals surface area contributed by atoms with Crippen molar-refractivity contribution in [3.8, 4) is 0 Å². The van der Waals surface area contributed by atoms with Gasteiger partial charge in [-0.05, 0) is 47.5 Å². The molecule has 0 radical (unpaired) electrons. The van der Waals surface area contributed by atoms with Crippen molar-refractivity contribution in [2.24, 2.45) is 0 Å². The molecule has 90 valence electrons. The van der Waals surface area contributed by atoms with Crippen molar-refractivity contribution >= 4 is 21.7 Å². The third-order valence-electron chi connectivity index (χ3n) is 2.77. The first-order valence-electron chi connectivity index (χ1n) is 5.26. The van der Waals surface area contributed by atoms with Crippen LogP contribution in [0.5, 0.6) is 0 Å². The summed E-state index contributed by atoms with van der Waals surface area (Å²) in [7, 11) is 0. The molecule has 0 aliphatic rings. The topological polar surface area (TPSA) is 43.8 Å². The van der Waals surface area contributed by atoms with Crippen LogP contribution in [-0.2, 0) is 0 Å². The molecule has 0 fully saturated rings. The lowest BCUT2D eigenvalue weighted by Gasteiger charge is -2.14. The molecule has 0 bridgehead atoms. The van der Waals surface area contributed by atoms with Crippen LogP contribution in [0.3, 0.4) is 0 Å². The number of nitrogens with two attached hydrogens (primary N) is 1. The average Bonchev–Trinajstić information content (AvgIpc) is 2.57. The van der Waals surface area contributed by atoms with Gasteiger partial charge in [-0.25, -0.2) is 9.07 Å². The summed E-state index contributed by atoms with van der Waals surface area (Å²) in [5, 5.41) is 4.36. The summed E-state index contributed by atoms with van der Waals surface area (Å²) < 4.78 is 15.4. The molecule has 0 saturated carbocycles. The molecule has 1 aromatic carbocycles. The largest absolute Gasteiger partial charge is 0.383 e. The zero-order chi connectivity index (χ0) is 12.6. The predicted molar refractivity (Wildman–Crippen MR) is 69.3 cm³/mol. The first-order valence-corrected chi connectivity index (χ1v) is 6.05. The Morgan fingerprint density at radius 2 is 1.94 bits per heavy atom. The minimum atomic E-state index is -0.244. The van der Waals surface area contributed by atoms with Gasteiger partial charge in [0.25, 0.3) is 0 Å². The van der Waals surface area contributed by atoms with Gasteiger partial charge in [-0.1, -0.05) is 12.1 Å². The zero-order valence-electron chi connectivity index (χ0n) is 9.61. The standard InChI is InChI=1S/C12H13BrFN3/c1-7-11(13)12(15)17(16-7)8(2)9-3-5-10(14)6-4-9/h3-6,8H,15H2,1-2H3. The fourth-order valence-electron chi connectivity index (χ4n) is 1.72. The molecule has 2 rings (SSSR count). The van der Waals surface area contributed by atoms with Crippen LogP contribution in [0.1, 0.15) is 24.2 Å². The van der Waals surface area contributed by atoms with E-state index in [1.165, 1.54) is 12.1 Å². The van der Waals surface area contributed by atoms with E-state index in [-0.39, 0.29) is 11.9 Å². The second-order valence-electron chi connectivity index (χ2n) is 3.96. The molecule has 5 heteroatoms. The SMILES string of the molecule is Cc1nn(C(C)c2ccc(F)cc2)c(N)c1Br. The highest BCUT2D eigenvalue weighted by Gasteiger charge is 2.16. The number of hydrogen-bond donors (Lipinski definition) is 1. The second kappa shape index (κ2) is 4.49. The Balaban J connectivity index is 2.40. The maximum Gasteiger partial charge on any atom is 0.137 e. The molecular formula is C12H13BrFN3. The first kappa shape index (κ1) is 12.1. The normalized spacial score (nSPS) is 12.7. The van der Waals surface area contributed by atoms with Crippen LogP contribution >= 0.6 is 15.9 Å². The number of aryl methyl sites for hydroxylation is 1. The molecule has 1 atom stereocenters. The maximum absolute atomic E-state index is 12.8. The minimum absolute atomic E-state index is 0.0272. The smallest absolute Gasteiger partial charge is 0.137 e. The fourth-order valence-corrected chi connectivity index (χ4v) is 1.98. The second-order valence-corrected chi connectivity index (χ2v) is 4.75. The van der Waals surface area contributed by atoms with E-state index in [9.17, 15) is 4.39 Å². The van der Waals surface area contributed by atoms with Crippen molar-refractivity contribution in [1.29, 1.82) is 0 Å². The fraction of sp³-hybridized carbons (Fsp3) is 0.250. The van der Waals surface area contributed by atoms with Gasteiger partial charge in [-0.15, -0.1) is 0 Å². The van der Waals surface area contributed by atoms with Crippen LogP contribution < -0.4 is 5.73 Å². The van der Waals surface area contributed by atoms with E-state index in [0.717, 1.165) is 15.7 Å². The number of halogens is 2. The summed E-state index contributed by atoms with van der Waals surface area (Å²) in [4.78, 5) is 0. The third kappa shape index (κ3) is 2.20. The lowest BCUT2D eigenvalue weighted by atomic mass is 10.1. The summed E-state index contributed by atoms with van der Waals surface area (Å²) in [5.74, 6) is 0.339. The molecule has 3 nitrogen and oxygen atoms in total. The monoisotopic (exact) mass is 297 g/mol. The number of aromatic nitrogens is 2. The van der Waals surface area contributed by atoms with Crippen molar-refractivity contribution in [1.82, 2.24) is 9.78 Å². The van der Waals surface area contributed by atoms with Gasteiger partial charge in [0.1, 0.15) is 11.6 Å². The summed E-state index contributed by atoms with van der Waals surface area (Å²) in [6.07, 6.45) is 0. The molecule has 1 aromatic heterocycles. The van der Waals surface area contributed by atoms with Crippen molar-refractivity contribution in [3.63, 3.8) is 0 Å². The molecule has 0 saturated heterocycles. The zero-order valence-corrected chi connectivity index (χ0v) is 11.2. The highest BCUT2D eigenvalue weighted by atomic mass is 79.9. The van der Waals surface area contributed by atoms with Gasteiger partial charge < -0.3 is 5.73 Å². The Labute approximate surface area is 108 Å². The Morgan fingerprint density at radius 1 is 1.35 bits per heavy atom. The summed E-state index contributed by atoms with van der Waals surface area (Å²) in [6, 6.07) is 6.33. The highest BCUT2D eigenvalue weighted by Crippen LogP contribution is 2.28. The Bertz CT molecular complexity index is 533. The number of anilines is 1. The maximum atomic E-state index is 12.8. The van der Waals surface area contributed by atoms with Gasteiger partial charge in [0, 0.05) is 0 Å². The molecule has 0 amide bonds. The van der Waals surface area contributed by atoms with Gasteiger partial charge >= 0.3 is 0 Å². The predicted octanol–water partition coefficient (Wildman–Crippen LogP) is 3.28. The molecule has 2 N–H and O–H groups in total. The number of benzene rings is 1. The van der Waals surface area contributed by atoms with E-state index >= 15 is 0 Å². The van der Waals surface area contributed by atoms with Crippen LogP contribution in [0.4, 0.5) is 10.2 Å². The molecule has 1 heterocycles. The van der Waals surface area contributed by atoms with Crippen molar-refractivity contribution in [2.75, 3.05) is 5.73 Å². The Hall–Kier alpha value is -1.36. The van der Waals surface area contributed by atoms with E-state index in [4.69, 9.17) is 5.73 Å². The van der Waals surface area contributed by atoms with Gasteiger partial charge in [-0.2, -0.15) is 5.10 Å². The minimum Gasteiger partial charge on any atom is -0.383 e.